The van der Waals surface area contributed by atoms with Crippen LogP contribution in [0, 0.1) is 6.92 Å². The number of rotatable bonds is 5. The van der Waals surface area contributed by atoms with Crippen LogP contribution in [-0.4, -0.2) is 26.8 Å². The number of anilines is 1. The van der Waals surface area contributed by atoms with Crippen LogP contribution in [0.5, 0.6) is 0 Å². The summed E-state index contributed by atoms with van der Waals surface area (Å²) >= 11 is 3.18. The van der Waals surface area contributed by atoms with Crippen molar-refractivity contribution in [2.24, 2.45) is 0 Å². The second-order valence-corrected chi connectivity index (χ2v) is 6.56. The summed E-state index contributed by atoms with van der Waals surface area (Å²) in [6.07, 6.45) is 0. The molecule has 0 saturated heterocycles. The summed E-state index contributed by atoms with van der Waals surface area (Å²) in [7, 11) is 0. The first-order valence-corrected chi connectivity index (χ1v) is 8.47. The van der Waals surface area contributed by atoms with Crippen molar-refractivity contribution in [1.82, 2.24) is 15.2 Å². The molecule has 3 rings (SSSR count). The summed E-state index contributed by atoms with van der Waals surface area (Å²) in [5.41, 5.74) is 1.94. The topological polar surface area (TPSA) is 70.7 Å². The molecule has 1 amide bonds. The fourth-order valence-corrected chi connectivity index (χ4v) is 3.38. The predicted molar refractivity (Wildman–Crippen MR) is 87.7 cm³/mol. The molecule has 1 aromatic carbocycles. The van der Waals surface area contributed by atoms with E-state index in [4.69, 9.17) is 0 Å². The molecule has 2 aromatic heterocycles. The fourth-order valence-electron chi connectivity index (χ4n) is 1.95. The highest BCUT2D eigenvalue weighted by Crippen LogP contribution is 2.20. The van der Waals surface area contributed by atoms with Crippen LogP contribution < -0.4 is 5.32 Å². The number of aromatic amines is 1. The number of thiazole rings is 1. The summed E-state index contributed by atoms with van der Waals surface area (Å²) in [5, 5.41) is 13.9. The van der Waals surface area contributed by atoms with Crippen LogP contribution in [0.1, 0.15) is 10.7 Å². The van der Waals surface area contributed by atoms with Gasteiger partial charge in [-0.05, 0) is 19.1 Å². The van der Waals surface area contributed by atoms with Gasteiger partial charge in [0.05, 0.1) is 22.0 Å². The predicted octanol–water partition coefficient (Wildman–Crippen LogP) is 3.20. The molecular weight excluding hydrogens is 304 g/mol. The van der Waals surface area contributed by atoms with E-state index in [9.17, 15) is 4.79 Å². The zero-order valence-electron chi connectivity index (χ0n) is 11.4. The van der Waals surface area contributed by atoms with Gasteiger partial charge in [-0.3, -0.25) is 9.89 Å². The number of carbonyl (C=O) groups is 1. The third kappa shape index (κ3) is 3.43. The van der Waals surface area contributed by atoms with Gasteiger partial charge in [0.15, 0.2) is 5.82 Å². The Morgan fingerprint density at radius 1 is 1.43 bits per heavy atom. The van der Waals surface area contributed by atoms with Crippen LogP contribution in [0.2, 0.25) is 0 Å². The molecule has 108 valence electrons. The molecule has 0 aliphatic carbocycles. The van der Waals surface area contributed by atoms with Crippen molar-refractivity contribution >= 4 is 45.7 Å². The smallest absolute Gasteiger partial charge is 0.235 e. The van der Waals surface area contributed by atoms with Crippen molar-refractivity contribution in [3.63, 3.8) is 0 Å². The van der Waals surface area contributed by atoms with E-state index >= 15 is 0 Å². The zero-order chi connectivity index (χ0) is 14.7. The van der Waals surface area contributed by atoms with Crippen molar-refractivity contribution in [2.45, 2.75) is 12.7 Å². The third-order valence-electron chi connectivity index (χ3n) is 2.88. The van der Waals surface area contributed by atoms with Crippen molar-refractivity contribution in [1.29, 1.82) is 0 Å². The van der Waals surface area contributed by atoms with Crippen LogP contribution >= 0.6 is 23.1 Å². The number of amides is 1. The Balaban J connectivity index is 1.54. The number of nitrogens with zero attached hydrogens (tertiary/aromatic N) is 2. The van der Waals surface area contributed by atoms with E-state index in [2.05, 4.69) is 20.5 Å². The maximum atomic E-state index is 11.9. The van der Waals surface area contributed by atoms with Gasteiger partial charge in [-0.1, -0.05) is 12.1 Å². The van der Waals surface area contributed by atoms with Crippen LogP contribution in [0.15, 0.2) is 29.6 Å². The molecule has 0 aliphatic rings. The third-order valence-corrected chi connectivity index (χ3v) is 4.67. The van der Waals surface area contributed by atoms with Gasteiger partial charge >= 0.3 is 0 Å². The second-order valence-electron chi connectivity index (χ2n) is 4.52. The van der Waals surface area contributed by atoms with E-state index < -0.39 is 0 Å². The van der Waals surface area contributed by atoms with Gasteiger partial charge in [-0.25, -0.2) is 4.98 Å². The lowest BCUT2D eigenvalue weighted by molar-refractivity contribution is -0.113. The molecule has 0 saturated carbocycles. The van der Waals surface area contributed by atoms with Crippen LogP contribution in [0.3, 0.4) is 0 Å². The van der Waals surface area contributed by atoms with Crippen LogP contribution in [0.4, 0.5) is 5.82 Å². The largest absolute Gasteiger partial charge is 0.308 e. The molecule has 2 heterocycles. The number of nitrogens with one attached hydrogen (secondary N) is 2. The average Bonchev–Trinajstić information content (AvgIpc) is 3.06. The number of hydrogen-bond acceptors (Lipinski definition) is 5. The van der Waals surface area contributed by atoms with Crippen molar-refractivity contribution < 1.29 is 4.79 Å². The van der Waals surface area contributed by atoms with Crippen LogP contribution in [0.25, 0.3) is 10.9 Å². The van der Waals surface area contributed by atoms with Gasteiger partial charge in [0.2, 0.25) is 5.91 Å². The Labute approximate surface area is 130 Å². The highest BCUT2D eigenvalue weighted by molar-refractivity contribution is 7.99. The van der Waals surface area contributed by atoms with E-state index in [0.29, 0.717) is 11.6 Å². The maximum Gasteiger partial charge on any atom is 0.235 e. The van der Waals surface area contributed by atoms with Crippen LogP contribution in [-0.2, 0) is 10.5 Å². The minimum atomic E-state index is -0.0517. The average molecular weight is 318 g/mol. The van der Waals surface area contributed by atoms with Gasteiger partial charge in [0.25, 0.3) is 0 Å². The minimum absolute atomic E-state index is 0.0517. The first-order chi connectivity index (χ1) is 10.2. The number of carbonyl (C=O) groups excluding carboxylic acids is 1. The molecule has 0 atom stereocenters. The Morgan fingerprint density at radius 3 is 3.10 bits per heavy atom. The molecule has 21 heavy (non-hydrogen) atoms. The van der Waals surface area contributed by atoms with E-state index in [1.54, 1.807) is 23.1 Å². The number of thioether (sulfide) groups is 1. The summed E-state index contributed by atoms with van der Waals surface area (Å²) in [4.78, 5) is 16.3. The Hall–Kier alpha value is -1.86. The van der Waals surface area contributed by atoms with Gasteiger partial charge in [-0.2, -0.15) is 5.10 Å². The SMILES string of the molecule is Cc1nc(CSCC(=O)Nc2n[nH]c3ccccc23)cs1. The molecule has 0 aliphatic heterocycles. The number of benzene rings is 1. The molecule has 0 unspecified atom stereocenters. The summed E-state index contributed by atoms with van der Waals surface area (Å²) in [6, 6.07) is 7.71. The fraction of sp³-hybridized carbons (Fsp3) is 0.214. The maximum absolute atomic E-state index is 11.9. The standard InChI is InChI=1S/C14H14N4OS2/c1-9-15-10(7-21-9)6-20-8-13(19)16-14-11-4-2-3-5-12(11)17-18-14/h2-5,7H,6,8H2,1H3,(H2,16,17,18,19). The Kier molecular flexibility index (Phi) is 4.21. The first-order valence-electron chi connectivity index (χ1n) is 6.44. The molecule has 3 aromatic rings. The number of hydrogen-bond donors (Lipinski definition) is 2. The normalized spacial score (nSPS) is 10.9. The Bertz CT molecular complexity index is 765. The van der Waals surface area contributed by atoms with Crippen molar-refractivity contribution in [2.75, 3.05) is 11.1 Å². The Morgan fingerprint density at radius 2 is 2.29 bits per heavy atom. The van der Waals surface area contributed by atoms with E-state index in [0.717, 1.165) is 27.4 Å². The summed E-state index contributed by atoms with van der Waals surface area (Å²) in [6.45, 7) is 1.98. The quantitative estimate of drug-likeness (QED) is 0.758. The highest BCUT2D eigenvalue weighted by atomic mass is 32.2. The molecule has 5 nitrogen and oxygen atoms in total. The molecule has 7 heteroatoms. The van der Waals surface area contributed by atoms with E-state index in [1.807, 2.05) is 36.6 Å². The number of aryl methyl sites for hydroxylation is 1. The number of aromatic nitrogens is 3. The molecule has 0 bridgehead atoms. The van der Waals surface area contributed by atoms with Gasteiger partial charge in [0, 0.05) is 16.5 Å². The molecular formula is C14H14N4OS2. The summed E-state index contributed by atoms with van der Waals surface area (Å²) in [5.74, 6) is 1.67. The zero-order valence-corrected chi connectivity index (χ0v) is 13.1. The van der Waals surface area contributed by atoms with E-state index in [1.165, 1.54) is 0 Å². The van der Waals surface area contributed by atoms with Crippen molar-refractivity contribution in [3.8, 4) is 0 Å². The van der Waals surface area contributed by atoms with Gasteiger partial charge in [0.1, 0.15) is 0 Å². The lowest BCUT2D eigenvalue weighted by Gasteiger charge is -2.02. The number of fused-ring (bicyclic) bond motifs is 1. The van der Waals surface area contributed by atoms with Gasteiger partial charge < -0.3 is 5.32 Å². The monoisotopic (exact) mass is 318 g/mol. The molecule has 0 radical (unpaired) electrons. The lowest BCUT2D eigenvalue weighted by atomic mass is 10.2. The van der Waals surface area contributed by atoms with E-state index in [-0.39, 0.29) is 5.91 Å². The lowest BCUT2D eigenvalue weighted by Crippen LogP contribution is -2.14. The van der Waals surface area contributed by atoms with Gasteiger partial charge in [-0.15, -0.1) is 23.1 Å². The summed E-state index contributed by atoms with van der Waals surface area (Å²) < 4.78 is 0. The first kappa shape index (κ1) is 14.1. The molecule has 0 spiro atoms. The number of H-pyrrole nitrogens is 1. The molecule has 2 N–H and O–H groups in total. The second kappa shape index (κ2) is 6.28. The minimum Gasteiger partial charge on any atom is -0.308 e. The number of para-hydroxylation sites is 1. The van der Waals surface area contributed by atoms with Crippen molar-refractivity contribution in [3.05, 3.63) is 40.3 Å². The molecule has 0 fully saturated rings. The highest BCUT2D eigenvalue weighted by Gasteiger charge is 2.09.